The van der Waals surface area contributed by atoms with E-state index in [0.29, 0.717) is 10.7 Å². The lowest BCUT2D eigenvalue weighted by Gasteiger charge is -2.33. The number of pyridine rings is 1. The highest BCUT2D eigenvalue weighted by molar-refractivity contribution is 7.89. The van der Waals surface area contributed by atoms with Crippen LogP contribution < -0.4 is 5.73 Å². The molecule has 1 atom stereocenters. The average Bonchev–Trinajstić information content (AvgIpc) is 3.29. The Hall–Kier alpha value is -2.79. The van der Waals surface area contributed by atoms with E-state index in [9.17, 15) is 12.8 Å². The van der Waals surface area contributed by atoms with Gasteiger partial charge in [-0.15, -0.1) is 11.3 Å². The molecule has 0 saturated carbocycles. The minimum Gasteiger partial charge on any atom is -0.369 e. The molecule has 0 aliphatic carbocycles. The zero-order chi connectivity index (χ0) is 20.1. The molecule has 1 aliphatic rings. The van der Waals surface area contributed by atoms with E-state index in [1.54, 1.807) is 48.4 Å². The zero-order valence-corrected chi connectivity index (χ0v) is 16.7. The summed E-state index contributed by atoms with van der Waals surface area (Å²) in [5.74, 6) is -0.444. The number of hydrogen-bond acceptors (Lipinski definition) is 7. The largest absolute Gasteiger partial charge is 0.369 e. The number of rotatable bonds is 3. The number of thiophene rings is 1. The van der Waals surface area contributed by atoms with Gasteiger partial charge in [-0.1, -0.05) is 0 Å². The van der Waals surface area contributed by atoms with Gasteiger partial charge in [-0.3, -0.25) is 0 Å². The van der Waals surface area contributed by atoms with Gasteiger partial charge in [0, 0.05) is 30.5 Å². The molecule has 0 amide bonds. The van der Waals surface area contributed by atoms with Crippen LogP contribution in [0.25, 0.3) is 16.3 Å². The van der Waals surface area contributed by atoms with Crippen molar-refractivity contribution in [3.63, 3.8) is 0 Å². The van der Waals surface area contributed by atoms with Crippen LogP contribution in [0.1, 0.15) is 11.8 Å². The summed E-state index contributed by atoms with van der Waals surface area (Å²) in [6.45, 7) is 1.57. The van der Waals surface area contributed by atoms with Gasteiger partial charge in [-0.2, -0.15) is 5.10 Å². The zero-order valence-electron chi connectivity index (χ0n) is 15.1. The molecule has 1 unspecified atom stereocenters. The third-order valence-electron chi connectivity index (χ3n) is 4.51. The van der Waals surface area contributed by atoms with Gasteiger partial charge in [-0.25, -0.2) is 31.8 Å². The molecular weight excluding hydrogens is 403 g/mol. The minimum atomic E-state index is -3.68. The van der Waals surface area contributed by atoms with Crippen LogP contribution in [0, 0.1) is 5.82 Å². The van der Waals surface area contributed by atoms with E-state index in [2.05, 4.69) is 15.1 Å². The fourth-order valence-electron chi connectivity index (χ4n) is 3.05. The molecule has 11 heteroatoms. The summed E-state index contributed by atoms with van der Waals surface area (Å²) in [6.07, 6.45) is 5.01. The Morgan fingerprint density at radius 1 is 1.32 bits per heavy atom. The van der Waals surface area contributed by atoms with Crippen molar-refractivity contribution in [2.75, 3.05) is 12.8 Å². The molecule has 0 radical (unpaired) electrons. The van der Waals surface area contributed by atoms with Crippen LogP contribution in [0.5, 0.6) is 0 Å². The lowest BCUT2D eigenvalue weighted by molar-refractivity contribution is 0.466. The van der Waals surface area contributed by atoms with Crippen LogP contribution in [0.15, 0.2) is 47.8 Å². The van der Waals surface area contributed by atoms with Crippen LogP contribution in [0.2, 0.25) is 0 Å². The molecule has 0 fully saturated rings. The van der Waals surface area contributed by atoms with E-state index in [-0.39, 0.29) is 16.6 Å². The van der Waals surface area contributed by atoms with Crippen molar-refractivity contribution in [3.05, 3.63) is 53.6 Å². The van der Waals surface area contributed by atoms with Crippen molar-refractivity contribution < 1.29 is 12.8 Å². The van der Waals surface area contributed by atoms with Gasteiger partial charge in [0.2, 0.25) is 16.0 Å². The predicted molar refractivity (Wildman–Crippen MR) is 105 cm³/mol. The van der Waals surface area contributed by atoms with Crippen molar-refractivity contribution in [2.45, 2.75) is 12.5 Å². The third kappa shape index (κ3) is 3.06. The average molecular weight is 420 g/mol. The number of guanidine groups is 1. The van der Waals surface area contributed by atoms with Gasteiger partial charge in [-0.05, 0) is 36.8 Å². The maximum absolute atomic E-state index is 14.8. The first kappa shape index (κ1) is 18.6. The van der Waals surface area contributed by atoms with E-state index in [1.165, 1.54) is 13.1 Å². The first-order chi connectivity index (χ1) is 13.2. The standard InChI is InChI=1S/C17H17FN6O2S2/c1-17(10-28(25,26)23(2)16(19)22-17)15-12(18)9-13(27-15)11-4-6-20-14(8-11)24-7-3-5-21-24/h3-9H,10H2,1-2H3,(H2,19,22). The van der Waals surface area contributed by atoms with E-state index < -0.39 is 21.4 Å². The Morgan fingerprint density at radius 3 is 2.79 bits per heavy atom. The number of sulfonamides is 1. The molecule has 4 heterocycles. The van der Waals surface area contributed by atoms with Gasteiger partial charge in [0.15, 0.2) is 5.82 Å². The Labute approximate surface area is 165 Å². The maximum Gasteiger partial charge on any atom is 0.239 e. The fourth-order valence-corrected chi connectivity index (χ4v) is 5.70. The van der Waals surface area contributed by atoms with Crippen molar-refractivity contribution in [2.24, 2.45) is 10.7 Å². The highest BCUT2D eigenvalue weighted by atomic mass is 32.2. The molecule has 3 aromatic rings. The van der Waals surface area contributed by atoms with Crippen LogP contribution in [-0.4, -0.2) is 46.2 Å². The van der Waals surface area contributed by atoms with Gasteiger partial charge in [0.1, 0.15) is 11.4 Å². The second kappa shape index (κ2) is 6.38. The Balaban J connectivity index is 1.77. The lowest BCUT2D eigenvalue weighted by Crippen LogP contribution is -2.50. The van der Waals surface area contributed by atoms with Crippen LogP contribution in [0.3, 0.4) is 0 Å². The van der Waals surface area contributed by atoms with E-state index in [1.807, 2.05) is 0 Å². The summed E-state index contributed by atoms with van der Waals surface area (Å²) in [5.41, 5.74) is 5.22. The number of halogens is 1. The molecule has 0 bridgehead atoms. The maximum atomic E-state index is 14.8. The second-order valence-electron chi connectivity index (χ2n) is 6.61. The molecule has 3 aromatic heterocycles. The predicted octanol–water partition coefficient (Wildman–Crippen LogP) is 1.94. The lowest BCUT2D eigenvalue weighted by atomic mass is 10.0. The summed E-state index contributed by atoms with van der Waals surface area (Å²) in [7, 11) is -2.35. The van der Waals surface area contributed by atoms with Crippen LogP contribution >= 0.6 is 11.3 Å². The van der Waals surface area contributed by atoms with Crippen molar-refractivity contribution in [1.29, 1.82) is 0 Å². The molecule has 146 valence electrons. The molecule has 0 spiro atoms. The summed E-state index contributed by atoms with van der Waals surface area (Å²) in [4.78, 5) is 9.39. The van der Waals surface area contributed by atoms with Gasteiger partial charge >= 0.3 is 0 Å². The van der Waals surface area contributed by atoms with Gasteiger partial charge in [0.25, 0.3) is 0 Å². The van der Waals surface area contributed by atoms with Gasteiger partial charge < -0.3 is 5.73 Å². The summed E-state index contributed by atoms with van der Waals surface area (Å²) < 4.78 is 42.1. The quantitative estimate of drug-likeness (QED) is 0.697. The highest BCUT2D eigenvalue weighted by Gasteiger charge is 2.42. The number of aromatic nitrogens is 3. The van der Waals surface area contributed by atoms with E-state index in [0.717, 1.165) is 21.2 Å². The molecule has 28 heavy (non-hydrogen) atoms. The van der Waals surface area contributed by atoms with E-state index in [4.69, 9.17) is 5.73 Å². The van der Waals surface area contributed by atoms with Gasteiger partial charge in [0.05, 0.1) is 10.6 Å². The first-order valence-corrected chi connectivity index (χ1v) is 10.7. The first-order valence-electron chi connectivity index (χ1n) is 8.28. The molecule has 2 N–H and O–H groups in total. The molecule has 1 aliphatic heterocycles. The molecule has 4 rings (SSSR count). The van der Waals surface area contributed by atoms with E-state index >= 15 is 0 Å². The Morgan fingerprint density at radius 2 is 2.11 bits per heavy atom. The minimum absolute atomic E-state index is 0.159. The topological polar surface area (TPSA) is 106 Å². The molecule has 0 aromatic carbocycles. The second-order valence-corrected chi connectivity index (χ2v) is 9.66. The summed E-state index contributed by atoms with van der Waals surface area (Å²) in [5, 5.41) is 4.14. The van der Waals surface area contributed by atoms with Crippen molar-refractivity contribution in [1.82, 2.24) is 19.1 Å². The fraction of sp³-hybridized carbons (Fsp3) is 0.235. The Bertz CT molecular complexity index is 1170. The van der Waals surface area contributed by atoms with Crippen LogP contribution in [0.4, 0.5) is 4.39 Å². The van der Waals surface area contributed by atoms with Crippen LogP contribution in [-0.2, 0) is 15.6 Å². The normalized spacial score (nSPS) is 21.5. The molecule has 8 nitrogen and oxygen atoms in total. The molecule has 0 saturated heterocycles. The number of hydrogen-bond donors (Lipinski definition) is 1. The van der Waals surface area contributed by atoms with Crippen molar-refractivity contribution in [3.8, 4) is 16.3 Å². The smallest absolute Gasteiger partial charge is 0.239 e. The SMILES string of the molecule is CN1C(N)=NC(C)(c2sc(-c3ccnc(-n4cccn4)c3)cc2F)CS1(=O)=O. The molecular formula is C17H17FN6O2S2. The highest BCUT2D eigenvalue weighted by Crippen LogP contribution is 2.41. The Kier molecular flexibility index (Phi) is 4.23. The summed E-state index contributed by atoms with van der Waals surface area (Å²) >= 11 is 1.15. The monoisotopic (exact) mass is 420 g/mol. The number of nitrogens with zero attached hydrogens (tertiary/aromatic N) is 5. The summed E-state index contributed by atoms with van der Waals surface area (Å²) in [6, 6.07) is 6.70. The third-order valence-corrected chi connectivity index (χ3v) is 7.87. The van der Waals surface area contributed by atoms with Crippen molar-refractivity contribution >= 4 is 27.3 Å². The number of aliphatic imine (C=N–C) groups is 1. The number of nitrogens with two attached hydrogens (primary N) is 1.